The van der Waals surface area contributed by atoms with Crippen molar-refractivity contribution >= 4 is 0 Å². The zero-order valence-electron chi connectivity index (χ0n) is 10.6. The molecule has 0 aliphatic rings. The van der Waals surface area contributed by atoms with Crippen molar-refractivity contribution in [3.05, 3.63) is 34.4 Å². The lowest BCUT2D eigenvalue weighted by atomic mass is 9.90. The predicted octanol–water partition coefficient (Wildman–Crippen LogP) is 5.04. The van der Waals surface area contributed by atoms with E-state index in [2.05, 4.69) is 48.1 Å². The smallest absolute Gasteiger partial charge is 0.0213 e. The van der Waals surface area contributed by atoms with E-state index in [9.17, 15) is 0 Å². The molecule has 0 rings (SSSR count). The highest BCUT2D eigenvalue weighted by Crippen LogP contribution is 2.27. The van der Waals surface area contributed by atoms with E-state index in [1.54, 1.807) is 0 Å². The molecule has 0 nitrogen and oxygen atoms in total. The third-order valence-corrected chi connectivity index (χ3v) is 2.86. The van der Waals surface area contributed by atoms with Crippen molar-refractivity contribution in [2.24, 2.45) is 0 Å². The SMILES string of the molecule is C=C(CC)/C(C(C)=C(C)C)=C(/C)CC. The van der Waals surface area contributed by atoms with Crippen molar-refractivity contribution in [3.63, 3.8) is 0 Å². The Kier molecular flexibility index (Phi) is 5.52. The summed E-state index contributed by atoms with van der Waals surface area (Å²) in [6.45, 7) is 17.3. The summed E-state index contributed by atoms with van der Waals surface area (Å²) in [6.07, 6.45) is 2.15. The second-order valence-corrected chi connectivity index (χ2v) is 4.09. The fourth-order valence-corrected chi connectivity index (χ4v) is 1.49. The molecule has 0 heteroatoms. The minimum absolute atomic E-state index is 1.04. The van der Waals surface area contributed by atoms with Crippen LogP contribution >= 0.6 is 0 Å². The normalized spacial score (nSPS) is 12.1. The Hall–Kier alpha value is -0.780. The maximum absolute atomic E-state index is 4.15. The van der Waals surface area contributed by atoms with Gasteiger partial charge in [0.15, 0.2) is 0 Å². The van der Waals surface area contributed by atoms with Crippen molar-refractivity contribution in [1.82, 2.24) is 0 Å². The van der Waals surface area contributed by atoms with Crippen LogP contribution in [0.3, 0.4) is 0 Å². The molecule has 0 N–H and O–H groups in total. The van der Waals surface area contributed by atoms with Crippen molar-refractivity contribution in [2.75, 3.05) is 0 Å². The Labute approximate surface area is 89.4 Å². The fraction of sp³-hybridized carbons (Fsp3) is 0.571. The van der Waals surface area contributed by atoms with Gasteiger partial charge in [0.05, 0.1) is 0 Å². The van der Waals surface area contributed by atoms with E-state index in [1.807, 2.05) is 0 Å². The molecule has 0 radical (unpaired) electrons. The second-order valence-electron chi connectivity index (χ2n) is 4.09. The van der Waals surface area contributed by atoms with Crippen molar-refractivity contribution in [3.8, 4) is 0 Å². The molecule has 0 aromatic carbocycles. The van der Waals surface area contributed by atoms with Gasteiger partial charge >= 0.3 is 0 Å². The molecule has 0 unspecified atom stereocenters. The Morgan fingerprint density at radius 1 is 0.929 bits per heavy atom. The van der Waals surface area contributed by atoms with Gasteiger partial charge in [-0.15, -0.1) is 0 Å². The van der Waals surface area contributed by atoms with Crippen molar-refractivity contribution < 1.29 is 0 Å². The number of hydrogen-bond acceptors (Lipinski definition) is 0. The van der Waals surface area contributed by atoms with E-state index in [0.29, 0.717) is 0 Å². The van der Waals surface area contributed by atoms with E-state index in [-0.39, 0.29) is 0 Å². The molecule has 0 bridgehead atoms. The van der Waals surface area contributed by atoms with E-state index < -0.39 is 0 Å². The molecular weight excluding hydrogens is 168 g/mol. The van der Waals surface area contributed by atoms with Crippen LogP contribution in [-0.4, -0.2) is 0 Å². The molecule has 0 aliphatic heterocycles. The van der Waals surface area contributed by atoms with Gasteiger partial charge in [0.25, 0.3) is 0 Å². The predicted molar refractivity (Wildman–Crippen MR) is 66.5 cm³/mol. The second kappa shape index (κ2) is 5.85. The average molecular weight is 192 g/mol. The molecule has 0 fully saturated rings. The van der Waals surface area contributed by atoms with Crippen LogP contribution in [0.2, 0.25) is 0 Å². The van der Waals surface area contributed by atoms with Gasteiger partial charge in [0.2, 0.25) is 0 Å². The molecule has 0 atom stereocenters. The standard InChI is InChI=1S/C14H24/c1-8-11(5)14(12(6)9-2)13(7)10(3)4/h5,8-9H2,1-4,6-7H3/b14-12+. The molecule has 0 heterocycles. The minimum Gasteiger partial charge on any atom is -0.0952 e. The summed E-state index contributed by atoms with van der Waals surface area (Å²) in [5.41, 5.74) is 6.91. The van der Waals surface area contributed by atoms with E-state index in [4.69, 9.17) is 0 Å². The summed E-state index contributed by atoms with van der Waals surface area (Å²) in [4.78, 5) is 0. The van der Waals surface area contributed by atoms with Gasteiger partial charge in [-0.2, -0.15) is 0 Å². The summed E-state index contributed by atoms with van der Waals surface area (Å²) in [5, 5.41) is 0. The monoisotopic (exact) mass is 192 g/mol. The van der Waals surface area contributed by atoms with Crippen LogP contribution in [0.5, 0.6) is 0 Å². The van der Waals surface area contributed by atoms with Gasteiger partial charge in [0.1, 0.15) is 0 Å². The molecule has 0 aromatic heterocycles. The zero-order valence-corrected chi connectivity index (χ0v) is 10.6. The fourth-order valence-electron chi connectivity index (χ4n) is 1.49. The summed E-state index contributed by atoms with van der Waals surface area (Å²) in [5.74, 6) is 0. The highest BCUT2D eigenvalue weighted by atomic mass is 14.1. The molecular formula is C14H24. The molecule has 0 saturated carbocycles. The van der Waals surface area contributed by atoms with Gasteiger partial charge in [-0.3, -0.25) is 0 Å². The maximum Gasteiger partial charge on any atom is -0.0213 e. The topological polar surface area (TPSA) is 0 Å². The van der Waals surface area contributed by atoms with Crippen LogP contribution in [0.15, 0.2) is 34.4 Å². The first-order chi connectivity index (χ1) is 6.45. The maximum atomic E-state index is 4.15. The highest BCUT2D eigenvalue weighted by Gasteiger charge is 2.07. The first kappa shape index (κ1) is 13.2. The lowest BCUT2D eigenvalue weighted by Gasteiger charge is -2.15. The summed E-state index contributed by atoms with van der Waals surface area (Å²) in [7, 11) is 0. The molecule has 0 spiro atoms. The number of rotatable bonds is 4. The third-order valence-electron chi connectivity index (χ3n) is 2.86. The van der Waals surface area contributed by atoms with E-state index in [0.717, 1.165) is 12.8 Å². The van der Waals surface area contributed by atoms with E-state index >= 15 is 0 Å². The first-order valence-corrected chi connectivity index (χ1v) is 5.47. The Morgan fingerprint density at radius 3 is 1.71 bits per heavy atom. The van der Waals surface area contributed by atoms with Crippen LogP contribution in [0.1, 0.15) is 54.4 Å². The van der Waals surface area contributed by atoms with Crippen LogP contribution in [0.4, 0.5) is 0 Å². The average Bonchev–Trinajstić information content (AvgIpc) is 2.16. The summed E-state index contributed by atoms with van der Waals surface area (Å²) in [6, 6.07) is 0. The van der Waals surface area contributed by atoms with Crippen molar-refractivity contribution in [2.45, 2.75) is 54.4 Å². The van der Waals surface area contributed by atoms with Gasteiger partial charge in [-0.05, 0) is 57.3 Å². The summed E-state index contributed by atoms with van der Waals surface area (Å²) < 4.78 is 0. The lowest BCUT2D eigenvalue weighted by molar-refractivity contribution is 1.02. The summed E-state index contributed by atoms with van der Waals surface area (Å²) >= 11 is 0. The van der Waals surface area contributed by atoms with Crippen LogP contribution in [-0.2, 0) is 0 Å². The molecule has 0 aromatic rings. The molecule has 0 aliphatic carbocycles. The van der Waals surface area contributed by atoms with E-state index in [1.165, 1.54) is 27.9 Å². The first-order valence-electron chi connectivity index (χ1n) is 5.47. The largest absolute Gasteiger partial charge is 0.0952 e. The van der Waals surface area contributed by atoms with Gasteiger partial charge in [-0.1, -0.05) is 31.6 Å². The Bertz CT molecular complexity index is 270. The Balaban J connectivity index is 5.36. The van der Waals surface area contributed by atoms with Crippen LogP contribution in [0, 0.1) is 0 Å². The van der Waals surface area contributed by atoms with Gasteiger partial charge < -0.3 is 0 Å². The number of hydrogen-bond donors (Lipinski definition) is 0. The quantitative estimate of drug-likeness (QED) is 0.548. The zero-order chi connectivity index (χ0) is 11.3. The highest BCUT2D eigenvalue weighted by molar-refractivity contribution is 5.48. The molecule has 14 heavy (non-hydrogen) atoms. The van der Waals surface area contributed by atoms with Gasteiger partial charge in [0, 0.05) is 0 Å². The van der Waals surface area contributed by atoms with Crippen LogP contribution < -0.4 is 0 Å². The molecule has 80 valence electrons. The number of allylic oxidation sites excluding steroid dienone is 5. The lowest BCUT2D eigenvalue weighted by Crippen LogP contribution is -1.96. The van der Waals surface area contributed by atoms with Gasteiger partial charge in [-0.25, -0.2) is 0 Å². The van der Waals surface area contributed by atoms with Crippen LogP contribution in [0.25, 0.3) is 0 Å². The van der Waals surface area contributed by atoms with Crippen molar-refractivity contribution in [1.29, 1.82) is 0 Å². The molecule has 0 saturated heterocycles. The Morgan fingerprint density at radius 2 is 1.43 bits per heavy atom. The molecule has 0 amide bonds. The minimum atomic E-state index is 1.04. The third kappa shape index (κ3) is 3.17.